The molecule has 6 heteroatoms. The molecule has 1 unspecified atom stereocenters. The van der Waals surface area contributed by atoms with E-state index in [1.165, 1.54) is 7.11 Å². The summed E-state index contributed by atoms with van der Waals surface area (Å²) in [7, 11) is 1.51. The van der Waals surface area contributed by atoms with Gasteiger partial charge < -0.3 is 14.6 Å². The summed E-state index contributed by atoms with van der Waals surface area (Å²) in [6.45, 7) is 3.48. The zero-order valence-electron chi connectivity index (χ0n) is 12.3. The van der Waals surface area contributed by atoms with Crippen LogP contribution in [-0.4, -0.2) is 30.0 Å². The first-order chi connectivity index (χ1) is 9.93. The van der Waals surface area contributed by atoms with E-state index in [0.717, 1.165) is 5.57 Å². The Hall–Kier alpha value is -2.08. The number of benzene rings is 1. The van der Waals surface area contributed by atoms with E-state index in [4.69, 9.17) is 9.47 Å². The molecule has 0 amide bonds. The molecule has 1 aliphatic heterocycles. The fourth-order valence-corrected chi connectivity index (χ4v) is 2.73. The standard InChI is InChI=1S/C15H19NO5/c1-9(2)7-10-11(8-16(18)19)14-12(20-3)5-4-6-13(14)21-15(10)17/h4-7,10-11,15,17H,8H2,1-3H3/t10-,11+,15?/m0/s1. The van der Waals surface area contributed by atoms with E-state index >= 15 is 0 Å². The minimum Gasteiger partial charge on any atom is -0.496 e. The van der Waals surface area contributed by atoms with Gasteiger partial charge in [-0.25, -0.2) is 0 Å². The molecule has 1 aliphatic rings. The van der Waals surface area contributed by atoms with E-state index in [1.54, 1.807) is 18.2 Å². The number of fused-ring (bicyclic) bond motifs is 1. The molecule has 0 aromatic heterocycles. The van der Waals surface area contributed by atoms with Crippen molar-refractivity contribution in [3.63, 3.8) is 0 Å². The molecule has 0 saturated carbocycles. The lowest BCUT2D eigenvalue weighted by atomic mass is 9.81. The fraction of sp³-hybridized carbons (Fsp3) is 0.467. The molecule has 1 heterocycles. The van der Waals surface area contributed by atoms with Crippen LogP contribution < -0.4 is 9.47 Å². The van der Waals surface area contributed by atoms with Gasteiger partial charge in [-0.1, -0.05) is 17.7 Å². The average Bonchev–Trinajstić information content (AvgIpc) is 2.41. The molecule has 1 aromatic rings. The van der Waals surface area contributed by atoms with Crippen molar-refractivity contribution >= 4 is 0 Å². The predicted molar refractivity (Wildman–Crippen MR) is 77.2 cm³/mol. The minimum absolute atomic E-state index is 0.289. The van der Waals surface area contributed by atoms with Crippen LogP contribution in [0.1, 0.15) is 25.3 Å². The monoisotopic (exact) mass is 293 g/mol. The third-order valence-corrected chi connectivity index (χ3v) is 3.53. The van der Waals surface area contributed by atoms with E-state index in [0.29, 0.717) is 17.1 Å². The van der Waals surface area contributed by atoms with Gasteiger partial charge in [-0.3, -0.25) is 10.1 Å². The summed E-state index contributed by atoms with van der Waals surface area (Å²) in [5.41, 5.74) is 1.61. The van der Waals surface area contributed by atoms with Crippen molar-refractivity contribution in [2.45, 2.75) is 26.1 Å². The summed E-state index contributed by atoms with van der Waals surface area (Å²) < 4.78 is 10.8. The highest BCUT2D eigenvalue weighted by molar-refractivity contribution is 5.49. The number of hydrogen-bond acceptors (Lipinski definition) is 5. The van der Waals surface area contributed by atoms with Gasteiger partial charge in [0.25, 0.3) is 0 Å². The van der Waals surface area contributed by atoms with Gasteiger partial charge in [-0.2, -0.15) is 0 Å². The van der Waals surface area contributed by atoms with Crippen LogP contribution in [0.4, 0.5) is 0 Å². The Morgan fingerprint density at radius 1 is 1.52 bits per heavy atom. The number of methoxy groups -OCH3 is 1. The summed E-state index contributed by atoms with van der Waals surface area (Å²) in [6, 6.07) is 5.16. The van der Waals surface area contributed by atoms with Crippen molar-refractivity contribution in [1.29, 1.82) is 0 Å². The number of nitro groups is 1. The van der Waals surface area contributed by atoms with Crippen molar-refractivity contribution in [2.24, 2.45) is 5.92 Å². The molecule has 0 bridgehead atoms. The molecular formula is C15H19NO5. The molecule has 1 N–H and O–H groups in total. The molecule has 1 aromatic carbocycles. The number of ether oxygens (including phenoxy) is 2. The van der Waals surface area contributed by atoms with Gasteiger partial charge in [0.05, 0.1) is 18.9 Å². The third kappa shape index (κ3) is 3.16. The molecular weight excluding hydrogens is 274 g/mol. The second kappa shape index (κ2) is 6.13. The number of aliphatic hydroxyl groups is 1. The molecule has 114 valence electrons. The Labute approximate surface area is 123 Å². The van der Waals surface area contributed by atoms with Gasteiger partial charge in [0.1, 0.15) is 11.5 Å². The second-order valence-electron chi connectivity index (χ2n) is 5.32. The number of aliphatic hydroxyl groups excluding tert-OH is 1. The Kier molecular flexibility index (Phi) is 4.47. The van der Waals surface area contributed by atoms with Crippen molar-refractivity contribution in [3.8, 4) is 11.5 Å². The van der Waals surface area contributed by atoms with Crippen LogP contribution in [0.2, 0.25) is 0 Å². The molecule has 3 atom stereocenters. The number of hydrogen-bond donors (Lipinski definition) is 1. The Morgan fingerprint density at radius 2 is 2.24 bits per heavy atom. The van der Waals surface area contributed by atoms with Gasteiger partial charge in [-0.15, -0.1) is 0 Å². The normalized spacial score (nSPS) is 23.7. The SMILES string of the molecule is COc1cccc2c1[C@H](C[N+](=O)[O-])[C@H](C=C(C)C)C(O)O2. The lowest BCUT2D eigenvalue weighted by Gasteiger charge is -2.34. The molecule has 0 saturated heterocycles. The second-order valence-corrected chi connectivity index (χ2v) is 5.32. The fourth-order valence-electron chi connectivity index (χ4n) is 2.73. The zero-order valence-corrected chi connectivity index (χ0v) is 12.3. The number of rotatable bonds is 4. The molecule has 21 heavy (non-hydrogen) atoms. The van der Waals surface area contributed by atoms with E-state index < -0.39 is 18.1 Å². The molecule has 0 fully saturated rings. The number of nitrogens with zero attached hydrogens (tertiary/aromatic N) is 1. The van der Waals surface area contributed by atoms with Crippen LogP contribution in [-0.2, 0) is 0 Å². The van der Waals surface area contributed by atoms with Gasteiger partial charge in [-0.05, 0) is 26.0 Å². The first-order valence-corrected chi connectivity index (χ1v) is 6.72. The Morgan fingerprint density at radius 3 is 2.81 bits per heavy atom. The quantitative estimate of drug-likeness (QED) is 0.523. The number of allylic oxidation sites excluding steroid dienone is 1. The van der Waals surface area contributed by atoms with E-state index in [1.807, 2.05) is 19.9 Å². The first kappa shape index (κ1) is 15.3. The summed E-state index contributed by atoms with van der Waals surface area (Å²) in [6.07, 6.45) is 0.707. The Balaban J connectivity index is 2.55. The molecule has 0 spiro atoms. The van der Waals surface area contributed by atoms with Crippen LogP contribution in [0, 0.1) is 16.0 Å². The van der Waals surface area contributed by atoms with E-state index in [-0.39, 0.29) is 11.5 Å². The van der Waals surface area contributed by atoms with Gasteiger partial charge in [0.2, 0.25) is 12.8 Å². The zero-order chi connectivity index (χ0) is 15.6. The van der Waals surface area contributed by atoms with Crippen LogP contribution in [0.25, 0.3) is 0 Å². The van der Waals surface area contributed by atoms with Crippen molar-refractivity contribution in [1.82, 2.24) is 0 Å². The smallest absolute Gasteiger partial charge is 0.211 e. The summed E-state index contributed by atoms with van der Waals surface area (Å²) >= 11 is 0. The minimum atomic E-state index is -1.11. The maximum Gasteiger partial charge on any atom is 0.211 e. The lowest BCUT2D eigenvalue weighted by Crippen LogP contribution is -2.38. The molecule has 0 aliphatic carbocycles. The van der Waals surface area contributed by atoms with E-state index in [2.05, 4.69) is 0 Å². The molecule has 6 nitrogen and oxygen atoms in total. The highest BCUT2D eigenvalue weighted by Crippen LogP contribution is 2.45. The Bertz CT molecular complexity index is 565. The van der Waals surface area contributed by atoms with Crippen molar-refractivity contribution in [2.75, 3.05) is 13.7 Å². The molecule has 2 rings (SSSR count). The molecule has 0 radical (unpaired) electrons. The maximum atomic E-state index is 11.0. The highest BCUT2D eigenvalue weighted by Gasteiger charge is 2.41. The van der Waals surface area contributed by atoms with Gasteiger partial charge in [0, 0.05) is 10.5 Å². The van der Waals surface area contributed by atoms with Crippen molar-refractivity contribution in [3.05, 3.63) is 45.5 Å². The van der Waals surface area contributed by atoms with Crippen molar-refractivity contribution < 1.29 is 19.5 Å². The van der Waals surface area contributed by atoms with Crippen LogP contribution >= 0.6 is 0 Å². The van der Waals surface area contributed by atoms with Gasteiger partial charge in [0.15, 0.2) is 0 Å². The average molecular weight is 293 g/mol. The largest absolute Gasteiger partial charge is 0.496 e. The van der Waals surface area contributed by atoms with Crippen LogP contribution in [0.3, 0.4) is 0 Å². The van der Waals surface area contributed by atoms with E-state index in [9.17, 15) is 15.2 Å². The summed E-state index contributed by atoms with van der Waals surface area (Å²) in [5.74, 6) is -0.000452. The maximum absolute atomic E-state index is 11.0. The topological polar surface area (TPSA) is 81.8 Å². The first-order valence-electron chi connectivity index (χ1n) is 6.72. The lowest BCUT2D eigenvalue weighted by molar-refractivity contribution is -0.485. The summed E-state index contributed by atoms with van der Waals surface area (Å²) in [5, 5.41) is 21.2. The van der Waals surface area contributed by atoms with Gasteiger partial charge >= 0.3 is 0 Å². The predicted octanol–water partition coefficient (Wildman–Crippen LogP) is 2.35. The van der Waals surface area contributed by atoms with Crippen LogP contribution in [0.15, 0.2) is 29.8 Å². The highest BCUT2D eigenvalue weighted by atomic mass is 16.6. The van der Waals surface area contributed by atoms with Crippen LogP contribution in [0.5, 0.6) is 11.5 Å². The third-order valence-electron chi connectivity index (χ3n) is 3.53. The summed E-state index contributed by atoms with van der Waals surface area (Å²) in [4.78, 5) is 10.7.